The summed E-state index contributed by atoms with van der Waals surface area (Å²) in [6, 6.07) is 6.44. The van der Waals surface area contributed by atoms with Gasteiger partial charge in [-0.3, -0.25) is 4.79 Å². The van der Waals surface area contributed by atoms with Gasteiger partial charge in [-0.15, -0.1) is 0 Å². The van der Waals surface area contributed by atoms with E-state index < -0.39 is 0 Å². The maximum absolute atomic E-state index is 11.9. The van der Waals surface area contributed by atoms with Crippen LogP contribution in [-0.4, -0.2) is 29.4 Å². The summed E-state index contributed by atoms with van der Waals surface area (Å²) in [6.07, 6.45) is 2.86. The zero-order valence-electron chi connectivity index (χ0n) is 9.83. The molecule has 3 rings (SSSR count). The number of halogens is 2. The number of fused-ring (bicyclic) bond motifs is 1. The number of amides is 1. The molecule has 2 aliphatic rings. The van der Waals surface area contributed by atoms with Crippen molar-refractivity contribution in [2.75, 3.05) is 11.9 Å². The lowest BCUT2D eigenvalue weighted by Gasteiger charge is -2.22. The van der Waals surface area contributed by atoms with E-state index in [2.05, 4.69) is 27.9 Å². The number of anilines is 1. The smallest absolute Gasteiger partial charge is 0.225 e. The minimum absolute atomic E-state index is 0.245. The van der Waals surface area contributed by atoms with Gasteiger partial charge in [0.25, 0.3) is 0 Å². The third kappa shape index (κ3) is 2.20. The quantitative estimate of drug-likeness (QED) is 0.805. The Labute approximate surface area is 125 Å². The van der Waals surface area contributed by atoms with Gasteiger partial charge in [0.2, 0.25) is 5.91 Å². The van der Waals surface area contributed by atoms with Crippen LogP contribution in [0.3, 0.4) is 0 Å². The minimum Gasteiger partial charge on any atom is -0.379 e. The maximum atomic E-state index is 11.9. The molecular weight excluding hydrogens is 363 g/mol. The molecule has 2 fully saturated rings. The fourth-order valence-electron chi connectivity index (χ4n) is 2.92. The van der Waals surface area contributed by atoms with E-state index in [1.54, 1.807) is 0 Å². The Hall–Kier alpha value is -0.490. The molecule has 0 aromatic heterocycles. The van der Waals surface area contributed by atoms with Crippen molar-refractivity contribution in [3.05, 3.63) is 26.8 Å². The molecule has 0 saturated carbocycles. The van der Waals surface area contributed by atoms with Crippen molar-refractivity contribution in [1.29, 1.82) is 0 Å². The van der Waals surface area contributed by atoms with Crippen LogP contribution in [0.15, 0.2) is 18.2 Å². The van der Waals surface area contributed by atoms with Crippen LogP contribution in [0.25, 0.3) is 0 Å². The van der Waals surface area contributed by atoms with Gasteiger partial charge in [0, 0.05) is 27.2 Å². The molecular formula is C13H14ClIN2O. The zero-order valence-corrected chi connectivity index (χ0v) is 12.7. The van der Waals surface area contributed by atoms with Crippen molar-refractivity contribution >= 4 is 45.8 Å². The molecule has 18 heavy (non-hydrogen) atoms. The van der Waals surface area contributed by atoms with Gasteiger partial charge in [0.1, 0.15) is 0 Å². The van der Waals surface area contributed by atoms with E-state index in [9.17, 15) is 4.79 Å². The lowest BCUT2D eigenvalue weighted by molar-refractivity contribution is -0.127. The van der Waals surface area contributed by atoms with E-state index in [-0.39, 0.29) is 6.04 Å². The Balaban J connectivity index is 1.78. The van der Waals surface area contributed by atoms with E-state index in [4.69, 9.17) is 11.6 Å². The van der Waals surface area contributed by atoms with E-state index in [1.165, 1.54) is 0 Å². The summed E-state index contributed by atoms with van der Waals surface area (Å²) >= 11 is 8.22. The molecule has 1 amide bonds. The third-order valence-corrected chi connectivity index (χ3v) is 4.88. The van der Waals surface area contributed by atoms with Crippen molar-refractivity contribution in [2.24, 2.45) is 0 Å². The average Bonchev–Trinajstić information content (AvgIpc) is 2.89. The highest BCUT2D eigenvalue weighted by Gasteiger charge is 2.42. The molecule has 2 heterocycles. The first kappa shape index (κ1) is 12.5. The average molecular weight is 377 g/mol. The van der Waals surface area contributed by atoms with Gasteiger partial charge in [-0.1, -0.05) is 11.6 Å². The molecule has 3 nitrogen and oxygen atoms in total. The van der Waals surface area contributed by atoms with Gasteiger partial charge in [-0.2, -0.15) is 0 Å². The standard InChI is InChI=1S/C13H14ClIN2O/c14-8-3-4-10(9(15)6-8)16-11-7-13(18)17-5-1-2-12(11)17/h3-4,6,11-12,16H,1-2,5,7H2. The first-order valence-electron chi connectivity index (χ1n) is 6.16. The van der Waals surface area contributed by atoms with Crippen LogP contribution in [0, 0.1) is 3.57 Å². The van der Waals surface area contributed by atoms with Crippen LogP contribution in [0.5, 0.6) is 0 Å². The highest BCUT2D eigenvalue weighted by molar-refractivity contribution is 14.1. The Morgan fingerprint density at radius 3 is 3.06 bits per heavy atom. The molecule has 0 aliphatic carbocycles. The molecule has 1 aromatic carbocycles. The number of hydrogen-bond donors (Lipinski definition) is 1. The van der Waals surface area contributed by atoms with Crippen LogP contribution in [0.4, 0.5) is 5.69 Å². The Morgan fingerprint density at radius 2 is 2.28 bits per heavy atom. The first-order valence-corrected chi connectivity index (χ1v) is 7.62. The molecule has 2 atom stereocenters. The molecule has 96 valence electrons. The number of benzene rings is 1. The molecule has 0 bridgehead atoms. The molecule has 0 spiro atoms. The predicted octanol–water partition coefficient (Wildman–Crippen LogP) is 3.12. The van der Waals surface area contributed by atoms with Crippen molar-refractivity contribution < 1.29 is 4.79 Å². The molecule has 1 aromatic rings. The third-order valence-electron chi connectivity index (χ3n) is 3.75. The monoisotopic (exact) mass is 376 g/mol. The summed E-state index contributed by atoms with van der Waals surface area (Å²) < 4.78 is 1.10. The molecule has 2 saturated heterocycles. The van der Waals surface area contributed by atoms with Crippen LogP contribution in [0.2, 0.25) is 5.02 Å². The van der Waals surface area contributed by atoms with Crippen LogP contribution in [0.1, 0.15) is 19.3 Å². The Kier molecular flexibility index (Phi) is 3.40. The maximum Gasteiger partial charge on any atom is 0.225 e. The van der Waals surface area contributed by atoms with Gasteiger partial charge in [0.15, 0.2) is 0 Å². The molecule has 1 N–H and O–H groups in total. The topological polar surface area (TPSA) is 32.3 Å². The SMILES string of the molecule is O=C1CC(Nc2ccc(Cl)cc2I)C2CCCN12. The Bertz CT molecular complexity index is 494. The summed E-state index contributed by atoms with van der Waals surface area (Å²) in [6.45, 7) is 0.930. The fraction of sp³-hybridized carbons (Fsp3) is 0.462. The molecule has 2 aliphatic heterocycles. The van der Waals surface area contributed by atoms with Crippen molar-refractivity contribution in [1.82, 2.24) is 4.90 Å². The van der Waals surface area contributed by atoms with Crippen molar-refractivity contribution in [3.63, 3.8) is 0 Å². The molecule has 0 radical (unpaired) electrons. The van der Waals surface area contributed by atoms with Gasteiger partial charge >= 0.3 is 0 Å². The highest BCUT2D eigenvalue weighted by Crippen LogP contribution is 2.32. The number of carbonyl (C=O) groups is 1. The Morgan fingerprint density at radius 1 is 1.44 bits per heavy atom. The summed E-state index contributed by atoms with van der Waals surface area (Å²) in [5, 5.41) is 4.25. The second kappa shape index (κ2) is 4.89. The highest BCUT2D eigenvalue weighted by atomic mass is 127. The number of carbonyl (C=O) groups excluding carboxylic acids is 1. The summed E-state index contributed by atoms with van der Waals surface area (Å²) in [4.78, 5) is 13.9. The van der Waals surface area contributed by atoms with Crippen molar-refractivity contribution in [2.45, 2.75) is 31.3 Å². The second-order valence-corrected chi connectivity index (χ2v) is 6.47. The first-order chi connectivity index (χ1) is 8.65. The molecule has 2 unspecified atom stereocenters. The van der Waals surface area contributed by atoms with Crippen LogP contribution < -0.4 is 5.32 Å². The number of nitrogens with one attached hydrogen (secondary N) is 1. The summed E-state index contributed by atoms with van der Waals surface area (Å²) in [5.41, 5.74) is 1.08. The fourth-order valence-corrected chi connectivity index (χ4v) is 3.94. The van der Waals surface area contributed by atoms with Crippen molar-refractivity contribution in [3.8, 4) is 0 Å². The number of rotatable bonds is 2. The lowest BCUT2D eigenvalue weighted by Crippen LogP contribution is -2.34. The second-order valence-electron chi connectivity index (χ2n) is 4.88. The van der Waals surface area contributed by atoms with Gasteiger partial charge in [-0.05, 0) is 53.6 Å². The minimum atomic E-state index is 0.245. The summed E-state index contributed by atoms with van der Waals surface area (Å²) in [5.74, 6) is 0.291. The predicted molar refractivity (Wildman–Crippen MR) is 80.9 cm³/mol. The van der Waals surface area contributed by atoms with E-state index in [0.29, 0.717) is 18.4 Å². The van der Waals surface area contributed by atoms with Crippen LogP contribution in [-0.2, 0) is 4.79 Å². The van der Waals surface area contributed by atoms with E-state index in [1.807, 2.05) is 23.1 Å². The number of hydrogen-bond acceptors (Lipinski definition) is 2. The summed E-state index contributed by atoms with van der Waals surface area (Å²) in [7, 11) is 0. The van der Waals surface area contributed by atoms with Gasteiger partial charge < -0.3 is 10.2 Å². The number of nitrogens with zero attached hydrogens (tertiary/aromatic N) is 1. The normalized spacial score (nSPS) is 26.6. The van der Waals surface area contributed by atoms with Crippen LogP contribution >= 0.6 is 34.2 Å². The van der Waals surface area contributed by atoms with Gasteiger partial charge in [0.05, 0.1) is 12.1 Å². The largest absolute Gasteiger partial charge is 0.379 e. The van der Waals surface area contributed by atoms with E-state index >= 15 is 0 Å². The van der Waals surface area contributed by atoms with E-state index in [0.717, 1.165) is 33.7 Å². The zero-order chi connectivity index (χ0) is 12.7. The molecule has 5 heteroatoms. The lowest BCUT2D eigenvalue weighted by atomic mass is 10.1. The van der Waals surface area contributed by atoms with Gasteiger partial charge in [-0.25, -0.2) is 0 Å².